The number of carbonyl (C=O) groups is 1. The van der Waals surface area contributed by atoms with Crippen molar-refractivity contribution in [1.82, 2.24) is 0 Å². The van der Waals surface area contributed by atoms with Crippen molar-refractivity contribution in [2.75, 3.05) is 0 Å². The lowest BCUT2D eigenvalue weighted by Gasteiger charge is -2.08. The van der Waals surface area contributed by atoms with Crippen molar-refractivity contribution >= 4 is 5.97 Å². The molecule has 14 heavy (non-hydrogen) atoms. The Balaban J connectivity index is 3.25. The monoisotopic (exact) mass is 198 g/mol. The van der Waals surface area contributed by atoms with Crippen LogP contribution < -0.4 is 0 Å². The fraction of sp³-hybridized carbons (Fsp3) is 0.300. The normalized spacial score (nSPS) is 10.2. The molecule has 0 aliphatic rings. The smallest absolute Gasteiger partial charge is 0.307 e. The summed E-state index contributed by atoms with van der Waals surface area (Å²) in [5.41, 5.74) is 0.687. The molecule has 0 amide bonds. The molecule has 1 rings (SSSR count). The minimum Gasteiger partial charge on any atom is -0.507 e. The van der Waals surface area contributed by atoms with Crippen LogP contribution in [0, 0.1) is 19.7 Å². The van der Waals surface area contributed by atoms with E-state index in [9.17, 15) is 14.3 Å². The number of hydrogen-bond donors (Lipinski definition) is 2. The first-order valence-electron chi connectivity index (χ1n) is 4.12. The minimum absolute atomic E-state index is 0.0984. The van der Waals surface area contributed by atoms with Gasteiger partial charge in [-0.3, -0.25) is 4.79 Å². The van der Waals surface area contributed by atoms with E-state index in [1.54, 1.807) is 0 Å². The quantitative estimate of drug-likeness (QED) is 0.761. The predicted molar refractivity (Wildman–Crippen MR) is 48.9 cm³/mol. The highest BCUT2D eigenvalue weighted by Crippen LogP contribution is 2.27. The molecule has 4 heteroatoms. The Morgan fingerprint density at radius 3 is 2.57 bits per heavy atom. The Hall–Kier alpha value is -1.58. The summed E-state index contributed by atoms with van der Waals surface area (Å²) in [6, 6.07) is 1.35. The highest BCUT2D eigenvalue weighted by Gasteiger charge is 2.13. The van der Waals surface area contributed by atoms with Crippen LogP contribution in [-0.4, -0.2) is 16.2 Å². The lowest BCUT2D eigenvalue weighted by atomic mass is 10.0. The van der Waals surface area contributed by atoms with Crippen molar-refractivity contribution < 1.29 is 19.4 Å². The molecule has 0 heterocycles. The molecule has 3 nitrogen and oxygen atoms in total. The van der Waals surface area contributed by atoms with E-state index in [0.29, 0.717) is 5.56 Å². The number of phenolic OH excluding ortho intramolecular Hbond substituents is 1. The van der Waals surface area contributed by atoms with E-state index in [1.165, 1.54) is 19.9 Å². The molecular formula is C10H11FO3. The lowest BCUT2D eigenvalue weighted by molar-refractivity contribution is -0.136. The van der Waals surface area contributed by atoms with Crippen molar-refractivity contribution in [2.45, 2.75) is 20.3 Å². The topological polar surface area (TPSA) is 57.5 Å². The van der Waals surface area contributed by atoms with Gasteiger partial charge in [0, 0.05) is 11.1 Å². The van der Waals surface area contributed by atoms with Crippen molar-refractivity contribution in [2.24, 2.45) is 0 Å². The summed E-state index contributed by atoms with van der Waals surface area (Å²) in [4.78, 5) is 10.4. The number of rotatable bonds is 2. The van der Waals surface area contributed by atoms with Crippen LogP contribution in [0.4, 0.5) is 4.39 Å². The number of aromatic hydroxyl groups is 1. The second-order valence-electron chi connectivity index (χ2n) is 3.21. The molecule has 0 aromatic heterocycles. The van der Waals surface area contributed by atoms with Crippen LogP contribution in [0.2, 0.25) is 0 Å². The summed E-state index contributed by atoms with van der Waals surface area (Å²) in [7, 11) is 0. The van der Waals surface area contributed by atoms with Gasteiger partial charge in [-0.15, -0.1) is 0 Å². The van der Waals surface area contributed by atoms with Crippen molar-refractivity contribution in [3.8, 4) is 5.75 Å². The Morgan fingerprint density at radius 1 is 1.50 bits per heavy atom. The van der Waals surface area contributed by atoms with Gasteiger partial charge in [-0.2, -0.15) is 0 Å². The first-order valence-corrected chi connectivity index (χ1v) is 4.12. The van der Waals surface area contributed by atoms with Crippen LogP contribution in [0.3, 0.4) is 0 Å². The van der Waals surface area contributed by atoms with E-state index < -0.39 is 11.8 Å². The molecule has 0 spiro atoms. The van der Waals surface area contributed by atoms with Crippen molar-refractivity contribution in [3.05, 3.63) is 28.6 Å². The average Bonchev–Trinajstić information content (AvgIpc) is 2.10. The molecule has 76 valence electrons. The van der Waals surface area contributed by atoms with Crippen LogP contribution in [0.5, 0.6) is 5.75 Å². The minimum atomic E-state index is -1.05. The molecule has 1 aromatic carbocycles. The summed E-state index contributed by atoms with van der Waals surface area (Å²) < 4.78 is 13.2. The summed E-state index contributed by atoms with van der Waals surface area (Å²) in [6.45, 7) is 2.95. The van der Waals surface area contributed by atoms with Gasteiger partial charge in [-0.25, -0.2) is 4.39 Å². The van der Waals surface area contributed by atoms with Gasteiger partial charge in [0.05, 0.1) is 6.42 Å². The zero-order valence-corrected chi connectivity index (χ0v) is 7.97. The van der Waals surface area contributed by atoms with Crippen LogP contribution in [0.1, 0.15) is 16.7 Å². The van der Waals surface area contributed by atoms with Gasteiger partial charge < -0.3 is 10.2 Å². The molecule has 0 radical (unpaired) electrons. The SMILES string of the molecule is Cc1cc(CC(=O)O)c(O)c(C)c1F. The number of carboxylic acid groups (broad SMARTS) is 1. The summed E-state index contributed by atoms with van der Waals surface area (Å²) >= 11 is 0. The third kappa shape index (κ3) is 1.84. The molecule has 0 fully saturated rings. The van der Waals surface area contributed by atoms with Gasteiger partial charge in [0.2, 0.25) is 0 Å². The number of benzene rings is 1. The van der Waals surface area contributed by atoms with Crippen LogP contribution >= 0.6 is 0 Å². The molecule has 0 saturated heterocycles. The second kappa shape index (κ2) is 3.65. The summed E-state index contributed by atoms with van der Waals surface area (Å²) in [5, 5.41) is 18.0. The molecule has 0 aliphatic carbocycles. The van der Waals surface area contributed by atoms with Crippen LogP contribution in [-0.2, 0) is 11.2 Å². The first-order chi connectivity index (χ1) is 6.43. The van der Waals surface area contributed by atoms with Gasteiger partial charge in [-0.05, 0) is 25.5 Å². The lowest BCUT2D eigenvalue weighted by Crippen LogP contribution is -2.03. The van der Waals surface area contributed by atoms with E-state index in [2.05, 4.69) is 0 Å². The highest BCUT2D eigenvalue weighted by atomic mass is 19.1. The summed E-state index contributed by atoms with van der Waals surface area (Å²) in [5.74, 6) is -1.81. The van der Waals surface area contributed by atoms with Gasteiger partial charge in [0.1, 0.15) is 11.6 Å². The van der Waals surface area contributed by atoms with E-state index in [0.717, 1.165) is 0 Å². The van der Waals surface area contributed by atoms with E-state index in [1.807, 2.05) is 0 Å². The maximum Gasteiger partial charge on any atom is 0.307 e. The Labute approximate surface area is 80.8 Å². The molecule has 2 N–H and O–H groups in total. The molecule has 0 bridgehead atoms. The maximum atomic E-state index is 13.2. The van der Waals surface area contributed by atoms with E-state index in [4.69, 9.17) is 5.11 Å². The third-order valence-electron chi connectivity index (χ3n) is 2.07. The molecule has 0 atom stereocenters. The van der Waals surface area contributed by atoms with Gasteiger partial charge in [-0.1, -0.05) is 0 Å². The van der Waals surface area contributed by atoms with Gasteiger partial charge >= 0.3 is 5.97 Å². The average molecular weight is 198 g/mol. The Morgan fingerprint density at radius 2 is 2.07 bits per heavy atom. The van der Waals surface area contributed by atoms with Crippen molar-refractivity contribution in [1.29, 1.82) is 0 Å². The fourth-order valence-corrected chi connectivity index (χ4v) is 1.33. The van der Waals surface area contributed by atoms with Crippen LogP contribution in [0.15, 0.2) is 6.07 Å². The first kappa shape index (κ1) is 10.5. The predicted octanol–water partition coefficient (Wildman–Crippen LogP) is 1.78. The molecular weight excluding hydrogens is 187 g/mol. The number of hydrogen-bond acceptors (Lipinski definition) is 2. The number of aryl methyl sites for hydroxylation is 1. The molecule has 0 unspecified atom stereocenters. The number of carboxylic acids is 1. The number of halogens is 1. The van der Waals surface area contributed by atoms with Crippen molar-refractivity contribution in [3.63, 3.8) is 0 Å². The Bertz CT molecular complexity index is 385. The van der Waals surface area contributed by atoms with Gasteiger partial charge in [0.15, 0.2) is 0 Å². The van der Waals surface area contributed by atoms with Gasteiger partial charge in [0.25, 0.3) is 0 Å². The standard InChI is InChI=1S/C10H11FO3/c1-5-3-7(4-8(12)13)10(14)6(2)9(5)11/h3,14H,4H2,1-2H3,(H,12,13). The van der Waals surface area contributed by atoms with Crippen LogP contribution in [0.25, 0.3) is 0 Å². The zero-order valence-electron chi connectivity index (χ0n) is 7.97. The number of aliphatic carboxylic acids is 1. The maximum absolute atomic E-state index is 13.2. The molecule has 1 aromatic rings. The second-order valence-corrected chi connectivity index (χ2v) is 3.21. The van der Waals surface area contributed by atoms with E-state index in [-0.39, 0.29) is 23.3 Å². The fourth-order valence-electron chi connectivity index (χ4n) is 1.33. The zero-order chi connectivity index (χ0) is 10.9. The third-order valence-corrected chi connectivity index (χ3v) is 2.07. The largest absolute Gasteiger partial charge is 0.507 e. The number of phenols is 1. The highest BCUT2D eigenvalue weighted by molar-refractivity contribution is 5.71. The van der Waals surface area contributed by atoms with E-state index >= 15 is 0 Å². The summed E-state index contributed by atoms with van der Waals surface area (Å²) in [6.07, 6.45) is -0.298. The molecule has 0 saturated carbocycles. The molecule has 0 aliphatic heterocycles. The Kier molecular flexibility index (Phi) is 2.74.